The van der Waals surface area contributed by atoms with E-state index in [4.69, 9.17) is 0 Å². The Morgan fingerprint density at radius 3 is 1.87 bits per heavy atom. The van der Waals surface area contributed by atoms with Gasteiger partial charge in [-0.2, -0.15) is 17.5 Å². The molecule has 0 N–H and O–H groups in total. The Kier molecular flexibility index (Phi) is 5.29. The molecule has 38 heavy (non-hydrogen) atoms. The molecule has 4 nitrogen and oxygen atoms in total. The summed E-state index contributed by atoms with van der Waals surface area (Å²) in [5, 5.41) is 5.68. The van der Waals surface area contributed by atoms with E-state index in [0.29, 0.717) is 9.75 Å². The van der Waals surface area contributed by atoms with E-state index in [1.165, 1.54) is 58.3 Å². The first-order valence-electron chi connectivity index (χ1n) is 11.2. The quantitative estimate of drug-likeness (QED) is 0.200. The second-order valence-electron chi connectivity index (χ2n) is 8.39. The highest BCUT2D eigenvalue weighted by Gasteiger charge is 2.21. The summed E-state index contributed by atoms with van der Waals surface area (Å²) in [6, 6.07) is 15.3. The van der Waals surface area contributed by atoms with Gasteiger partial charge in [-0.25, -0.2) is 8.78 Å². The summed E-state index contributed by atoms with van der Waals surface area (Å²) >= 11 is 8.10. The molecule has 0 unspecified atom stereocenters. The molecule has 0 aliphatic heterocycles. The molecule has 2 aromatic carbocycles. The molecule has 6 aromatic heterocycles. The van der Waals surface area contributed by atoms with E-state index >= 15 is 0 Å². The third-order valence-electron chi connectivity index (χ3n) is 6.28. The van der Waals surface area contributed by atoms with E-state index < -0.39 is 11.6 Å². The van der Waals surface area contributed by atoms with Crippen LogP contribution in [0.1, 0.15) is 0 Å². The van der Waals surface area contributed by atoms with Gasteiger partial charge in [0.25, 0.3) is 0 Å². The Bertz CT molecular complexity index is 2130. The van der Waals surface area contributed by atoms with Crippen molar-refractivity contribution in [3.8, 4) is 40.4 Å². The molecule has 0 bridgehead atoms. The molecule has 12 heteroatoms. The molecule has 0 atom stereocenters. The predicted molar refractivity (Wildman–Crippen MR) is 159 cm³/mol. The second kappa shape index (κ2) is 8.76. The minimum atomic E-state index is -0.405. The van der Waals surface area contributed by atoms with E-state index in [9.17, 15) is 8.78 Å². The van der Waals surface area contributed by atoms with Crippen LogP contribution in [0.2, 0.25) is 0 Å². The molecule has 6 heterocycles. The average molecular weight is 609 g/mol. The van der Waals surface area contributed by atoms with E-state index in [1.54, 1.807) is 28.1 Å². The summed E-state index contributed by atoms with van der Waals surface area (Å²) < 4.78 is 47.5. The van der Waals surface area contributed by atoms with Crippen LogP contribution in [0.5, 0.6) is 0 Å². The van der Waals surface area contributed by atoms with Gasteiger partial charge in [0.15, 0.2) is 0 Å². The van der Waals surface area contributed by atoms with Gasteiger partial charge in [-0.3, -0.25) is 0 Å². The molecule has 0 saturated carbocycles. The van der Waals surface area contributed by atoms with Crippen molar-refractivity contribution in [3.05, 3.63) is 70.9 Å². The molecule has 0 fully saturated rings. The van der Waals surface area contributed by atoms with Crippen LogP contribution in [0.25, 0.3) is 73.2 Å². The van der Waals surface area contributed by atoms with E-state index in [2.05, 4.69) is 41.1 Å². The Morgan fingerprint density at radius 1 is 0.526 bits per heavy atom. The fourth-order valence-corrected chi connectivity index (χ4v) is 9.53. The number of aromatic nitrogens is 4. The van der Waals surface area contributed by atoms with Crippen molar-refractivity contribution in [1.82, 2.24) is 17.5 Å². The Morgan fingerprint density at radius 2 is 1.21 bits per heavy atom. The van der Waals surface area contributed by atoms with Crippen LogP contribution in [-0.2, 0) is 0 Å². The zero-order valence-corrected chi connectivity index (χ0v) is 23.7. The molecule has 0 spiro atoms. The first-order valence-corrected chi connectivity index (χ1v) is 16.0. The first-order chi connectivity index (χ1) is 18.7. The molecular formula is C26H10F2N4S6. The van der Waals surface area contributed by atoms with Crippen molar-refractivity contribution in [1.29, 1.82) is 0 Å². The van der Waals surface area contributed by atoms with Gasteiger partial charge in [-0.15, -0.1) is 45.3 Å². The lowest BCUT2D eigenvalue weighted by Crippen LogP contribution is -1.86. The highest BCUT2D eigenvalue weighted by molar-refractivity contribution is 7.27. The minimum absolute atomic E-state index is 0.333. The number of nitrogens with zero attached hydrogens (tertiary/aromatic N) is 4. The number of hydrogen-bond donors (Lipinski definition) is 0. The fraction of sp³-hybridized carbons (Fsp3) is 0. The van der Waals surface area contributed by atoms with Gasteiger partial charge in [0.2, 0.25) is 0 Å². The Hall–Kier alpha value is -3.00. The highest BCUT2D eigenvalue weighted by atomic mass is 32.1. The van der Waals surface area contributed by atoms with Gasteiger partial charge in [0, 0.05) is 41.4 Å². The van der Waals surface area contributed by atoms with Crippen molar-refractivity contribution >= 4 is 102 Å². The number of thiophene rings is 4. The van der Waals surface area contributed by atoms with Crippen LogP contribution >= 0.6 is 68.8 Å². The fourth-order valence-electron chi connectivity index (χ4n) is 4.58. The highest BCUT2D eigenvalue weighted by Crippen LogP contribution is 2.46. The Labute approximate surface area is 237 Å². The number of hydrogen-bond acceptors (Lipinski definition) is 10. The number of halogens is 2. The standard InChI is InChI=1S/C26H10F2N4S6/c27-15-5-7-34-25(15)26-16(28)10-20(36-26)19-4-3-18(35-19)14-9-12-11(22-24(14)32-38-30-22)8-13(17-2-1-6-33-17)23-21(12)29-37-31-23/h1-10H. The van der Waals surface area contributed by atoms with Crippen molar-refractivity contribution < 1.29 is 8.78 Å². The van der Waals surface area contributed by atoms with Gasteiger partial charge in [-0.05, 0) is 53.2 Å². The average Bonchev–Trinajstić information content (AvgIpc) is 3.75. The van der Waals surface area contributed by atoms with Crippen molar-refractivity contribution in [2.45, 2.75) is 0 Å². The summed E-state index contributed by atoms with van der Waals surface area (Å²) in [6.07, 6.45) is 0. The van der Waals surface area contributed by atoms with Crippen LogP contribution in [0.3, 0.4) is 0 Å². The van der Waals surface area contributed by atoms with Crippen LogP contribution in [0.4, 0.5) is 8.78 Å². The lowest BCUT2D eigenvalue weighted by Gasteiger charge is -2.07. The van der Waals surface area contributed by atoms with Crippen LogP contribution in [0.15, 0.2) is 59.3 Å². The van der Waals surface area contributed by atoms with Crippen LogP contribution in [0, 0.1) is 11.6 Å². The normalized spacial score (nSPS) is 11.9. The molecule has 0 radical (unpaired) electrons. The maximum atomic E-state index is 14.8. The van der Waals surface area contributed by atoms with Gasteiger partial charge in [0.1, 0.15) is 33.7 Å². The van der Waals surface area contributed by atoms with Gasteiger partial charge in [-0.1, -0.05) is 6.07 Å². The van der Waals surface area contributed by atoms with Gasteiger partial charge < -0.3 is 0 Å². The van der Waals surface area contributed by atoms with Crippen LogP contribution < -0.4 is 0 Å². The third kappa shape index (κ3) is 3.45. The molecule has 0 amide bonds. The zero-order chi connectivity index (χ0) is 25.4. The lowest BCUT2D eigenvalue weighted by molar-refractivity contribution is 0.624. The zero-order valence-electron chi connectivity index (χ0n) is 18.8. The van der Waals surface area contributed by atoms with E-state index in [1.807, 2.05) is 18.2 Å². The van der Waals surface area contributed by atoms with E-state index in [-0.39, 0.29) is 0 Å². The largest absolute Gasteiger partial charge is 0.205 e. The smallest absolute Gasteiger partial charge is 0.143 e. The SMILES string of the molecule is Fc1ccsc1-c1sc(-c2ccc(-c3cc4c(cc(-c5cccs5)c5nsnc54)c4nsnc34)s2)cc1F. The van der Waals surface area contributed by atoms with Crippen molar-refractivity contribution in [3.63, 3.8) is 0 Å². The number of fused-ring (bicyclic) bond motifs is 5. The van der Waals surface area contributed by atoms with E-state index in [0.717, 1.165) is 63.5 Å². The first kappa shape index (κ1) is 22.9. The lowest BCUT2D eigenvalue weighted by atomic mass is 9.99. The summed E-state index contributed by atoms with van der Waals surface area (Å²) in [4.78, 5) is 4.48. The Balaban J connectivity index is 1.30. The minimum Gasteiger partial charge on any atom is -0.205 e. The summed E-state index contributed by atoms with van der Waals surface area (Å²) in [7, 11) is 0. The van der Waals surface area contributed by atoms with Crippen LogP contribution in [-0.4, -0.2) is 17.5 Å². The molecule has 0 aliphatic rings. The molecular weight excluding hydrogens is 599 g/mol. The molecule has 8 rings (SSSR count). The molecule has 8 aromatic rings. The summed E-state index contributed by atoms with van der Waals surface area (Å²) in [6.45, 7) is 0. The maximum absolute atomic E-state index is 14.8. The molecule has 0 aliphatic carbocycles. The molecule has 184 valence electrons. The topological polar surface area (TPSA) is 51.6 Å². The maximum Gasteiger partial charge on any atom is 0.143 e. The van der Waals surface area contributed by atoms with Gasteiger partial charge >= 0.3 is 0 Å². The number of rotatable bonds is 4. The second-order valence-corrected chi connectivity index (χ2v) is 13.4. The van der Waals surface area contributed by atoms with Gasteiger partial charge in [0.05, 0.1) is 33.2 Å². The monoisotopic (exact) mass is 608 g/mol. The van der Waals surface area contributed by atoms with Crippen molar-refractivity contribution in [2.24, 2.45) is 0 Å². The van der Waals surface area contributed by atoms with Crippen molar-refractivity contribution in [2.75, 3.05) is 0 Å². The molecule has 0 saturated heterocycles. The third-order valence-corrected chi connectivity index (χ3v) is 11.7. The summed E-state index contributed by atoms with van der Waals surface area (Å²) in [5.74, 6) is -0.799. The number of benzene rings is 2. The predicted octanol–water partition coefficient (Wildman–Crippen LogP) is 10.0. The summed E-state index contributed by atoms with van der Waals surface area (Å²) in [5.41, 5.74) is 5.41.